The van der Waals surface area contributed by atoms with Crippen molar-refractivity contribution in [2.45, 2.75) is 48.4 Å². The summed E-state index contributed by atoms with van der Waals surface area (Å²) in [6.45, 7) is 3.78. The molecule has 200 valence electrons. The molecule has 5 heteroatoms. The molecule has 0 aliphatic carbocycles. The number of ether oxygens (including phenoxy) is 3. The number of benzene rings is 4. The van der Waals surface area contributed by atoms with Crippen LogP contribution in [0.1, 0.15) is 30.5 Å². The molecule has 0 bridgehead atoms. The summed E-state index contributed by atoms with van der Waals surface area (Å²) in [4.78, 5) is 1.13. The number of rotatable bonds is 10. The van der Waals surface area contributed by atoms with Crippen LogP contribution in [0.25, 0.3) is 0 Å². The van der Waals surface area contributed by atoms with E-state index < -0.39 is 29.7 Å². The van der Waals surface area contributed by atoms with Crippen molar-refractivity contribution in [3.63, 3.8) is 0 Å². The largest absolute Gasteiger partial charge is 0.388 e. The van der Waals surface area contributed by atoms with Crippen molar-refractivity contribution in [1.29, 1.82) is 0 Å². The Labute approximate surface area is 235 Å². The summed E-state index contributed by atoms with van der Waals surface area (Å²) < 4.78 is 19.2. The lowest BCUT2D eigenvalue weighted by Crippen LogP contribution is -2.42. The second-order valence-corrected chi connectivity index (χ2v) is 11.0. The first-order valence-corrected chi connectivity index (χ1v) is 14.1. The lowest BCUT2D eigenvalue weighted by molar-refractivity contribution is -0.160. The van der Waals surface area contributed by atoms with Gasteiger partial charge >= 0.3 is 0 Å². The number of thioether (sulfide) groups is 1. The van der Waals surface area contributed by atoms with Crippen LogP contribution < -0.4 is 0 Å². The minimum Gasteiger partial charge on any atom is -0.388 e. The maximum absolute atomic E-state index is 11.5. The Morgan fingerprint density at radius 1 is 0.769 bits per heavy atom. The van der Waals surface area contributed by atoms with Crippen molar-refractivity contribution in [3.05, 3.63) is 150 Å². The van der Waals surface area contributed by atoms with Gasteiger partial charge in [-0.3, -0.25) is 0 Å². The summed E-state index contributed by atoms with van der Waals surface area (Å²) in [5.74, 6) is -0.826. The van der Waals surface area contributed by atoms with Crippen LogP contribution in [0.3, 0.4) is 0 Å². The van der Waals surface area contributed by atoms with Crippen LogP contribution in [0.4, 0.5) is 0 Å². The third-order valence-corrected chi connectivity index (χ3v) is 7.61. The Hall–Kier alpha value is -3.19. The molecule has 0 amide bonds. The van der Waals surface area contributed by atoms with E-state index in [0.717, 1.165) is 21.6 Å². The van der Waals surface area contributed by atoms with Crippen molar-refractivity contribution in [1.82, 2.24) is 0 Å². The van der Waals surface area contributed by atoms with Gasteiger partial charge in [-0.25, -0.2) is 0 Å². The summed E-state index contributed by atoms with van der Waals surface area (Å²) in [5, 5.41) is 13.5. The maximum atomic E-state index is 11.5. The molecule has 5 rings (SSSR count). The highest BCUT2D eigenvalue weighted by Gasteiger charge is 2.45. The third-order valence-electron chi connectivity index (χ3n) is 6.77. The lowest BCUT2D eigenvalue weighted by Gasteiger charge is -2.37. The van der Waals surface area contributed by atoms with Crippen molar-refractivity contribution >= 4 is 11.8 Å². The molecule has 4 nitrogen and oxygen atoms in total. The van der Waals surface area contributed by atoms with Gasteiger partial charge in [0.15, 0.2) is 5.79 Å². The molecule has 4 aromatic carbocycles. The molecule has 0 aromatic heterocycles. The fourth-order valence-corrected chi connectivity index (χ4v) is 5.74. The molecule has 1 heterocycles. The van der Waals surface area contributed by atoms with Crippen LogP contribution >= 0.6 is 11.8 Å². The molecular formula is C34H34O4S. The summed E-state index contributed by atoms with van der Waals surface area (Å²) in [6, 6.07) is 40.6. The summed E-state index contributed by atoms with van der Waals surface area (Å²) in [5.41, 5.74) is 2.02. The smallest absolute Gasteiger partial charge is 0.164 e. The molecule has 1 fully saturated rings. The Kier molecular flexibility index (Phi) is 8.66. The number of hydrogen-bond acceptors (Lipinski definition) is 5. The van der Waals surface area contributed by atoms with Crippen molar-refractivity contribution in [2.24, 2.45) is 0 Å². The number of aliphatic hydroxyl groups excluding tert-OH is 1. The Morgan fingerprint density at radius 2 is 1.23 bits per heavy atom. The summed E-state index contributed by atoms with van der Waals surface area (Å²) in [6.07, 6.45) is 0.0137. The third kappa shape index (κ3) is 6.35. The molecule has 0 unspecified atom stereocenters. The molecule has 1 aliphatic heterocycles. The van der Waals surface area contributed by atoms with E-state index in [-0.39, 0.29) is 6.61 Å². The highest BCUT2D eigenvalue weighted by Crippen LogP contribution is 2.41. The average molecular weight is 539 g/mol. The van der Waals surface area contributed by atoms with Gasteiger partial charge in [0.1, 0.15) is 23.9 Å². The Bertz CT molecular complexity index is 1230. The van der Waals surface area contributed by atoms with Gasteiger partial charge < -0.3 is 19.3 Å². The standard InChI is InChI=1S/C34H34O4S/c1-33(2)37-31(23-24-39-29-21-13-6-14-22-29)32(38-33)30(35)25-36-34(26-15-7-3-8-16-26,27-17-9-4-10-18-27)28-19-11-5-12-20-28/h3-24,30-32,35H,25H2,1-2H3/b24-23-/t30-,31+,32-/m1/s1. The molecule has 1 saturated heterocycles. The zero-order valence-electron chi connectivity index (χ0n) is 22.2. The topological polar surface area (TPSA) is 47.9 Å². The zero-order valence-corrected chi connectivity index (χ0v) is 23.0. The second kappa shape index (κ2) is 12.3. The molecule has 1 aliphatic rings. The van der Waals surface area contributed by atoms with E-state index >= 15 is 0 Å². The molecule has 0 saturated carbocycles. The maximum Gasteiger partial charge on any atom is 0.164 e. The molecule has 1 N–H and O–H groups in total. The highest BCUT2D eigenvalue weighted by molar-refractivity contribution is 8.02. The van der Waals surface area contributed by atoms with Gasteiger partial charge in [0.05, 0.1) is 6.61 Å². The fraction of sp³-hybridized carbons (Fsp3) is 0.235. The highest BCUT2D eigenvalue weighted by atomic mass is 32.2. The second-order valence-electron chi connectivity index (χ2n) is 9.98. The van der Waals surface area contributed by atoms with Gasteiger partial charge in [-0.2, -0.15) is 0 Å². The van der Waals surface area contributed by atoms with Gasteiger partial charge in [0, 0.05) is 4.90 Å². The Morgan fingerprint density at radius 3 is 1.72 bits per heavy atom. The molecule has 3 atom stereocenters. The predicted molar refractivity (Wildman–Crippen MR) is 156 cm³/mol. The SMILES string of the molecule is CC1(C)O[C@H]([C@H](O)COC(c2ccccc2)(c2ccccc2)c2ccccc2)[C@H](/C=C\Sc2ccccc2)O1. The molecule has 0 radical (unpaired) electrons. The van der Waals surface area contributed by atoms with E-state index in [0.29, 0.717) is 0 Å². The minimum atomic E-state index is -0.932. The molecule has 4 aromatic rings. The first-order valence-electron chi connectivity index (χ1n) is 13.2. The van der Waals surface area contributed by atoms with Crippen molar-refractivity contribution < 1.29 is 19.3 Å². The van der Waals surface area contributed by atoms with E-state index in [2.05, 4.69) is 48.5 Å². The minimum absolute atomic E-state index is 0.0406. The van der Waals surface area contributed by atoms with Crippen LogP contribution in [-0.4, -0.2) is 35.8 Å². The normalized spacial score (nSPS) is 19.8. The van der Waals surface area contributed by atoms with Gasteiger partial charge in [-0.15, -0.1) is 0 Å². The zero-order chi connectivity index (χ0) is 27.1. The van der Waals surface area contributed by atoms with E-state index in [1.54, 1.807) is 11.8 Å². The van der Waals surface area contributed by atoms with Gasteiger partial charge in [-0.05, 0) is 54.2 Å². The first kappa shape index (κ1) is 27.4. The van der Waals surface area contributed by atoms with Crippen LogP contribution in [0.2, 0.25) is 0 Å². The first-order chi connectivity index (χ1) is 19.0. The molecule has 0 spiro atoms. The van der Waals surface area contributed by atoms with Crippen LogP contribution in [-0.2, 0) is 19.8 Å². The average Bonchev–Trinajstić information content (AvgIpc) is 3.29. The van der Waals surface area contributed by atoms with E-state index in [1.807, 2.05) is 98.1 Å². The molecular weight excluding hydrogens is 504 g/mol. The van der Waals surface area contributed by atoms with Crippen molar-refractivity contribution in [3.8, 4) is 0 Å². The van der Waals surface area contributed by atoms with Crippen LogP contribution in [0.5, 0.6) is 0 Å². The predicted octanol–water partition coefficient (Wildman–Crippen LogP) is 7.18. The molecule has 39 heavy (non-hydrogen) atoms. The van der Waals surface area contributed by atoms with E-state index in [1.165, 1.54) is 0 Å². The summed E-state index contributed by atoms with van der Waals surface area (Å²) in [7, 11) is 0. The van der Waals surface area contributed by atoms with Crippen LogP contribution in [0, 0.1) is 0 Å². The lowest BCUT2D eigenvalue weighted by atomic mass is 9.80. The van der Waals surface area contributed by atoms with Gasteiger partial charge in [-0.1, -0.05) is 121 Å². The van der Waals surface area contributed by atoms with Gasteiger partial charge in [0.2, 0.25) is 0 Å². The monoisotopic (exact) mass is 538 g/mol. The number of aliphatic hydroxyl groups is 1. The fourth-order valence-electron chi connectivity index (χ4n) is 5.03. The van der Waals surface area contributed by atoms with Crippen LogP contribution in [0.15, 0.2) is 138 Å². The number of hydrogen-bond donors (Lipinski definition) is 1. The Balaban J connectivity index is 1.43. The quantitative estimate of drug-likeness (QED) is 0.171. The summed E-state index contributed by atoms with van der Waals surface area (Å²) >= 11 is 1.60. The van der Waals surface area contributed by atoms with Gasteiger partial charge in [0.25, 0.3) is 0 Å². The van der Waals surface area contributed by atoms with Crippen molar-refractivity contribution in [2.75, 3.05) is 6.61 Å². The van der Waals surface area contributed by atoms with E-state index in [9.17, 15) is 5.11 Å². The van der Waals surface area contributed by atoms with E-state index in [4.69, 9.17) is 14.2 Å².